The van der Waals surface area contributed by atoms with Crippen molar-refractivity contribution in [1.82, 2.24) is 9.88 Å². The summed E-state index contributed by atoms with van der Waals surface area (Å²) in [6.07, 6.45) is 0. The van der Waals surface area contributed by atoms with Crippen LogP contribution in [0.15, 0.2) is 65.1 Å². The minimum atomic E-state index is -0.222. The molecule has 0 aliphatic rings. The number of hydrogen-bond donors (Lipinski definition) is 0. The van der Waals surface area contributed by atoms with Crippen LogP contribution in [0.1, 0.15) is 27.4 Å². The average Bonchev–Trinajstić information content (AvgIpc) is 3.20. The second-order valence-electron chi connectivity index (χ2n) is 7.43. The molecular weight excluding hydrogens is 428 g/mol. The van der Waals surface area contributed by atoms with E-state index in [1.807, 2.05) is 43.3 Å². The standard InChI is InChI=1S/C25H23ClN2O4/c1-16-8-9-23-22(10-16)27-24(32-23)15-28(14-17-6-4-5-7-21(17)26)25(29)18-11-19(30-2)13-20(12-18)31-3/h4-13H,14-15H2,1-3H3. The quantitative estimate of drug-likeness (QED) is 0.364. The number of oxazole rings is 1. The molecule has 1 heterocycles. The van der Waals surface area contributed by atoms with Crippen LogP contribution < -0.4 is 9.47 Å². The van der Waals surface area contributed by atoms with Gasteiger partial charge in [0, 0.05) is 23.2 Å². The molecule has 6 nitrogen and oxygen atoms in total. The number of methoxy groups -OCH3 is 2. The molecule has 32 heavy (non-hydrogen) atoms. The van der Waals surface area contributed by atoms with E-state index < -0.39 is 0 Å². The lowest BCUT2D eigenvalue weighted by molar-refractivity contribution is 0.0714. The van der Waals surface area contributed by atoms with Crippen LogP contribution in [0, 0.1) is 6.92 Å². The van der Waals surface area contributed by atoms with Gasteiger partial charge in [-0.25, -0.2) is 4.98 Å². The Morgan fingerprint density at radius 1 is 1.00 bits per heavy atom. The van der Waals surface area contributed by atoms with Crippen molar-refractivity contribution in [2.75, 3.05) is 14.2 Å². The predicted octanol–water partition coefficient (Wildman–Crippen LogP) is 5.65. The molecule has 0 spiro atoms. The van der Waals surface area contributed by atoms with E-state index in [4.69, 9.17) is 25.5 Å². The number of halogens is 1. The normalized spacial score (nSPS) is 10.9. The van der Waals surface area contributed by atoms with Gasteiger partial charge in [0.2, 0.25) is 5.89 Å². The van der Waals surface area contributed by atoms with Crippen LogP contribution in [-0.4, -0.2) is 30.0 Å². The summed E-state index contributed by atoms with van der Waals surface area (Å²) in [4.78, 5) is 19.8. The summed E-state index contributed by atoms with van der Waals surface area (Å²) in [6, 6.07) is 18.3. The van der Waals surface area contributed by atoms with E-state index in [0.717, 1.165) is 16.6 Å². The number of hydrogen-bond acceptors (Lipinski definition) is 5. The van der Waals surface area contributed by atoms with Crippen molar-refractivity contribution in [2.24, 2.45) is 0 Å². The molecule has 0 unspecified atom stereocenters. The third-order valence-corrected chi connectivity index (χ3v) is 5.49. The topological polar surface area (TPSA) is 64.8 Å². The fraction of sp³-hybridized carbons (Fsp3) is 0.200. The van der Waals surface area contributed by atoms with Gasteiger partial charge >= 0.3 is 0 Å². The molecule has 0 fully saturated rings. The van der Waals surface area contributed by atoms with Gasteiger partial charge in [-0.2, -0.15) is 0 Å². The first-order chi connectivity index (χ1) is 15.5. The van der Waals surface area contributed by atoms with E-state index in [-0.39, 0.29) is 19.0 Å². The number of rotatable bonds is 7. The number of benzene rings is 3. The summed E-state index contributed by atoms with van der Waals surface area (Å²) >= 11 is 6.38. The molecule has 0 aliphatic carbocycles. The summed E-state index contributed by atoms with van der Waals surface area (Å²) < 4.78 is 16.6. The first kappa shape index (κ1) is 21.7. The van der Waals surface area contributed by atoms with E-state index in [2.05, 4.69) is 4.98 Å². The number of fused-ring (bicyclic) bond motifs is 1. The van der Waals surface area contributed by atoms with Crippen molar-refractivity contribution in [3.8, 4) is 11.5 Å². The van der Waals surface area contributed by atoms with Gasteiger partial charge in [-0.3, -0.25) is 4.79 Å². The Labute approximate surface area is 191 Å². The molecule has 0 bridgehead atoms. The van der Waals surface area contributed by atoms with Gasteiger partial charge < -0.3 is 18.8 Å². The Morgan fingerprint density at radius 2 is 1.72 bits per heavy atom. The van der Waals surface area contributed by atoms with Crippen LogP contribution in [-0.2, 0) is 13.1 Å². The maximum atomic E-state index is 13.6. The number of aromatic nitrogens is 1. The van der Waals surface area contributed by atoms with Gasteiger partial charge in [-0.05, 0) is 48.4 Å². The monoisotopic (exact) mass is 450 g/mol. The minimum absolute atomic E-state index is 0.178. The molecule has 0 N–H and O–H groups in total. The number of amides is 1. The molecule has 3 aromatic carbocycles. The number of ether oxygens (including phenoxy) is 2. The zero-order valence-corrected chi connectivity index (χ0v) is 18.8. The van der Waals surface area contributed by atoms with Crippen LogP contribution in [0.4, 0.5) is 0 Å². The third kappa shape index (κ3) is 4.70. The average molecular weight is 451 g/mol. The number of aryl methyl sites for hydroxylation is 1. The summed E-state index contributed by atoms with van der Waals surface area (Å²) in [5.41, 5.74) is 3.78. The highest BCUT2D eigenvalue weighted by Gasteiger charge is 2.22. The van der Waals surface area contributed by atoms with Gasteiger partial charge in [0.1, 0.15) is 17.0 Å². The predicted molar refractivity (Wildman–Crippen MR) is 123 cm³/mol. The van der Waals surface area contributed by atoms with Gasteiger partial charge in [-0.1, -0.05) is 35.9 Å². The van der Waals surface area contributed by atoms with Gasteiger partial charge in [0.25, 0.3) is 5.91 Å². The molecule has 0 saturated carbocycles. The highest BCUT2D eigenvalue weighted by atomic mass is 35.5. The maximum Gasteiger partial charge on any atom is 0.254 e. The van der Waals surface area contributed by atoms with Crippen LogP contribution >= 0.6 is 11.6 Å². The van der Waals surface area contributed by atoms with E-state index in [1.165, 1.54) is 0 Å². The van der Waals surface area contributed by atoms with Crippen molar-refractivity contribution in [1.29, 1.82) is 0 Å². The summed E-state index contributed by atoms with van der Waals surface area (Å²) in [5, 5.41) is 0.585. The molecule has 0 aliphatic heterocycles. The Bertz CT molecular complexity index is 1250. The minimum Gasteiger partial charge on any atom is -0.497 e. The molecule has 164 valence electrons. The molecule has 4 aromatic rings. The first-order valence-corrected chi connectivity index (χ1v) is 10.5. The Hall–Kier alpha value is -3.51. The first-order valence-electron chi connectivity index (χ1n) is 10.1. The van der Waals surface area contributed by atoms with Crippen molar-refractivity contribution in [3.63, 3.8) is 0 Å². The van der Waals surface area contributed by atoms with E-state index in [1.54, 1.807) is 43.4 Å². The van der Waals surface area contributed by atoms with Crippen molar-refractivity contribution in [3.05, 3.63) is 88.3 Å². The molecule has 0 saturated heterocycles. The van der Waals surface area contributed by atoms with Gasteiger partial charge in [-0.15, -0.1) is 0 Å². The lowest BCUT2D eigenvalue weighted by Crippen LogP contribution is -2.30. The number of carbonyl (C=O) groups excluding carboxylic acids is 1. The number of carbonyl (C=O) groups is 1. The number of nitrogens with zero attached hydrogens (tertiary/aromatic N) is 2. The largest absolute Gasteiger partial charge is 0.497 e. The summed E-state index contributed by atoms with van der Waals surface area (Å²) in [6.45, 7) is 2.46. The zero-order valence-electron chi connectivity index (χ0n) is 18.1. The van der Waals surface area contributed by atoms with E-state index in [0.29, 0.717) is 33.6 Å². The van der Waals surface area contributed by atoms with Crippen LogP contribution in [0.2, 0.25) is 5.02 Å². The highest BCUT2D eigenvalue weighted by molar-refractivity contribution is 6.31. The molecule has 7 heteroatoms. The third-order valence-electron chi connectivity index (χ3n) is 5.12. The van der Waals surface area contributed by atoms with Crippen LogP contribution in [0.5, 0.6) is 11.5 Å². The van der Waals surface area contributed by atoms with Crippen molar-refractivity contribution in [2.45, 2.75) is 20.0 Å². The second-order valence-corrected chi connectivity index (χ2v) is 7.84. The molecule has 1 aromatic heterocycles. The van der Waals surface area contributed by atoms with Crippen molar-refractivity contribution < 1.29 is 18.7 Å². The Kier molecular flexibility index (Phi) is 6.32. The Morgan fingerprint density at radius 3 is 2.41 bits per heavy atom. The molecule has 1 amide bonds. The molecule has 4 rings (SSSR count). The van der Waals surface area contributed by atoms with Crippen LogP contribution in [0.25, 0.3) is 11.1 Å². The second kappa shape index (κ2) is 9.32. The molecular formula is C25H23ClN2O4. The Balaban J connectivity index is 1.71. The van der Waals surface area contributed by atoms with Gasteiger partial charge in [0.15, 0.2) is 5.58 Å². The zero-order chi connectivity index (χ0) is 22.7. The summed E-state index contributed by atoms with van der Waals surface area (Å²) in [7, 11) is 3.09. The highest BCUT2D eigenvalue weighted by Crippen LogP contribution is 2.26. The maximum absolute atomic E-state index is 13.6. The summed E-state index contributed by atoms with van der Waals surface area (Å²) in [5.74, 6) is 1.28. The fourth-order valence-corrected chi connectivity index (χ4v) is 3.66. The van der Waals surface area contributed by atoms with Crippen molar-refractivity contribution >= 4 is 28.6 Å². The van der Waals surface area contributed by atoms with Gasteiger partial charge in [0.05, 0.1) is 20.8 Å². The lowest BCUT2D eigenvalue weighted by atomic mass is 10.1. The fourth-order valence-electron chi connectivity index (χ4n) is 3.46. The molecule has 0 radical (unpaired) electrons. The van der Waals surface area contributed by atoms with E-state index in [9.17, 15) is 4.79 Å². The smallest absolute Gasteiger partial charge is 0.254 e. The lowest BCUT2D eigenvalue weighted by Gasteiger charge is -2.22. The SMILES string of the molecule is COc1cc(OC)cc(C(=O)N(Cc2nc3cc(C)ccc3o2)Cc2ccccc2Cl)c1. The van der Waals surface area contributed by atoms with Crippen LogP contribution in [0.3, 0.4) is 0 Å². The molecule has 0 atom stereocenters. The van der Waals surface area contributed by atoms with E-state index >= 15 is 0 Å².